The summed E-state index contributed by atoms with van der Waals surface area (Å²) in [5, 5.41) is 0. The van der Waals surface area contributed by atoms with Gasteiger partial charge < -0.3 is 4.74 Å². The summed E-state index contributed by atoms with van der Waals surface area (Å²) in [7, 11) is 0. The van der Waals surface area contributed by atoms with Crippen molar-refractivity contribution in [3.8, 4) is 0 Å². The first kappa shape index (κ1) is 12.0. The van der Waals surface area contributed by atoms with Crippen LogP contribution in [0.2, 0.25) is 0 Å². The van der Waals surface area contributed by atoms with E-state index in [1.807, 2.05) is 18.2 Å². The molecule has 82 valence electrons. The smallest absolute Gasteiger partial charge is 0.0598 e. The van der Waals surface area contributed by atoms with Crippen molar-refractivity contribution >= 4 is 6.08 Å². The average molecular weight is 204 g/mol. The normalized spacial score (nSPS) is 12.2. The monoisotopic (exact) mass is 204 g/mol. The molecule has 0 heterocycles. The van der Waals surface area contributed by atoms with Crippen molar-refractivity contribution in [3.63, 3.8) is 0 Å². The number of ether oxygens (including phenoxy) is 1. The quantitative estimate of drug-likeness (QED) is 0.676. The molecule has 1 nitrogen and oxygen atoms in total. The minimum absolute atomic E-state index is 0.0272. The fraction of sp³-hybridized carbons (Fsp3) is 0.429. The standard InChI is InChI=1S/C14H20O/c1-14(2,3)15-12-8-7-11-13-9-5-4-6-10-13/h4-7,9-11H,8,12H2,1-3H3/b11-7+. The van der Waals surface area contributed by atoms with E-state index in [4.69, 9.17) is 4.74 Å². The van der Waals surface area contributed by atoms with E-state index in [2.05, 4.69) is 45.1 Å². The maximum absolute atomic E-state index is 5.62. The highest BCUT2D eigenvalue weighted by molar-refractivity contribution is 5.48. The second-order valence-corrected chi connectivity index (χ2v) is 4.56. The van der Waals surface area contributed by atoms with E-state index >= 15 is 0 Å². The number of hydrogen-bond acceptors (Lipinski definition) is 1. The maximum atomic E-state index is 5.62. The lowest BCUT2D eigenvalue weighted by atomic mass is 10.2. The molecule has 1 heteroatoms. The van der Waals surface area contributed by atoms with Crippen molar-refractivity contribution in [2.75, 3.05) is 6.61 Å². The van der Waals surface area contributed by atoms with Crippen LogP contribution in [0.1, 0.15) is 32.8 Å². The Hall–Kier alpha value is -1.08. The van der Waals surface area contributed by atoms with Crippen LogP contribution in [0.5, 0.6) is 0 Å². The molecular weight excluding hydrogens is 184 g/mol. The molecule has 0 unspecified atom stereocenters. The van der Waals surface area contributed by atoms with Gasteiger partial charge in [0.05, 0.1) is 12.2 Å². The van der Waals surface area contributed by atoms with Gasteiger partial charge >= 0.3 is 0 Å². The summed E-state index contributed by atoms with van der Waals surface area (Å²) in [6, 6.07) is 10.3. The molecule has 0 aliphatic carbocycles. The van der Waals surface area contributed by atoms with Crippen LogP contribution in [0.15, 0.2) is 36.4 Å². The lowest BCUT2D eigenvalue weighted by Gasteiger charge is -2.18. The van der Waals surface area contributed by atoms with Crippen LogP contribution in [0.4, 0.5) is 0 Å². The Morgan fingerprint density at radius 1 is 1.13 bits per heavy atom. The van der Waals surface area contributed by atoms with Gasteiger partial charge in [-0.25, -0.2) is 0 Å². The van der Waals surface area contributed by atoms with Crippen LogP contribution in [-0.4, -0.2) is 12.2 Å². The summed E-state index contributed by atoms with van der Waals surface area (Å²) in [6.45, 7) is 7.02. The number of hydrogen-bond donors (Lipinski definition) is 0. The third-order valence-electron chi connectivity index (χ3n) is 1.93. The van der Waals surface area contributed by atoms with Gasteiger partial charge in [-0.2, -0.15) is 0 Å². The molecule has 0 saturated carbocycles. The van der Waals surface area contributed by atoms with Gasteiger partial charge in [0.15, 0.2) is 0 Å². The van der Waals surface area contributed by atoms with Gasteiger partial charge in [0.2, 0.25) is 0 Å². The average Bonchev–Trinajstić information content (AvgIpc) is 2.17. The van der Waals surface area contributed by atoms with E-state index in [1.165, 1.54) is 5.56 Å². The molecular formula is C14H20O. The van der Waals surface area contributed by atoms with Gasteiger partial charge in [-0.3, -0.25) is 0 Å². The van der Waals surface area contributed by atoms with Crippen LogP contribution in [-0.2, 0) is 4.74 Å². The van der Waals surface area contributed by atoms with Crippen molar-refractivity contribution in [3.05, 3.63) is 42.0 Å². The van der Waals surface area contributed by atoms with Crippen molar-refractivity contribution in [2.24, 2.45) is 0 Å². The van der Waals surface area contributed by atoms with E-state index in [1.54, 1.807) is 0 Å². The summed E-state index contributed by atoms with van der Waals surface area (Å²) in [5.74, 6) is 0. The molecule has 0 aliphatic rings. The summed E-state index contributed by atoms with van der Waals surface area (Å²) in [6.07, 6.45) is 5.25. The van der Waals surface area contributed by atoms with Gasteiger partial charge in [-0.05, 0) is 32.8 Å². The Morgan fingerprint density at radius 2 is 1.80 bits per heavy atom. The molecule has 0 spiro atoms. The zero-order valence-electron chi connectivity index (χ0n) is 9.86. The van der Waals surface area contributed by atoms with E-state index in [0.29, 0.717) is 0 Å². The first-order valence-corrected chi connectivity index (χ1v) is 5.43. The lowest BCUT2D eigenvalue weighted by Crippen LogP contribution is -2.19. The molecule has 0 bridgehead atoms. The van der Waals surface area contributed by atoms with Gasteiger partial charge in [0.1, 0.15) is 0 Å². The Morgan fingerprint density at radius 3 is 2.40 bits per heavy atom. The van der Waals surface area contributed by atoms with Crippen LogP contribution < -0.4 is 0 Å². The lowest BCUT2D eigenvalue weighted by molar-refractivity contribution is -0.0000502. The minimum atomic E-state index is -0.0272. The highest BCUT2D eigenvalue weighted by Crippen LogP contribution is 2.07. The summed E-state index contributed by atoms with van der Waals surface area (Å²) in [5.41, 5.74) is 1.22. The second-order valence-electron chi connectivity index (χ2n) is 4.56. The SMILES string of the molecule is CC(C)(C)OCC/C=C/c1ccccc1. The third-order valence-corrected chi connectivity index (χ3v) is 1.93. The van der Waals surface area contributed by atoms with Crippen LogP contribution in [0, 0.1) is 0 Å². The Kier molecular flexibility index (Phi) is 4.57. The molecule has 0 aromatic heterocycles. The third kappa shape index (κ3) is 6.08. The van der Waals surface area contributed by atoms with Crippen molar-refractivity contribution in [1.82, 2.24) is 0 Å². The molecule has 0 N–H and O–H groups in total. The zero-order valence-corrected chi connectivity index (χ0v) is 9.86. The summed E-state index contributed by atoms with van der Waals surface area (Å²) < 4.78 is 5.62. The predicted molar refractivity (Wildman–Crippen MR) is 65.8 cm³/mol. The number of rotatable bonds is 4. The summed E-state index contributed by atoms with van der Waals surface area (Å²) in [4.78, 5) is 0. The van der Waals surface area contributed by atoms with Gasteiger partial charge in [0.25, 0.3) is 0 Å². The first-order valence-electron chi connectivity index (χ1n) is 5.43. The fourth-order valence-electron chi connectivity index (χ4n) is 1.22. The maximum Gasteiger partial charge on any atom is 0.0598 e. The molecule has 1 aromatic carbocycles. The molecule has 0 amide bonds. The molecule has 0 saturated heterocycles. The molecule has 0 fully saturated rings. The Balaban J connectivity index is 2.24. The van der Waals surface area contributed by atoms with Crippen molar-refractivity contribution in [2.45, 2.75) is 32.8 Å². The first-order chi connectivity index (χ1) is 7.08. The summed E-state index contributed by atoms with van der Waals surface area (Å²) >= 11 is 0. The minimum Gasteiger partial charge on any atom is -0.376 e. The molecule has 0 atom stereocenters. The molecule has 0 aliphatic heterocycles. The fourth-order valence-corrected chi connectivity index (χ4v) is 1.22. The topological polar surface area (TPSA) is 9.23 Å². The highest BCUT2D eigenvalue weighted by atomic mass is 16.5. The number of benzene rings is 1. The van der Waals surface area contributed by atoms with E-state index < -0.39 is 0 Å². The van der Waals surface area contributed by atoms with Gasteiger partial charge in [0, 0.05) is 0 Å². The van der Waals surface area contributed by atoms with E-state index in [9.17, 15) is 0 Å². The zero-order chi connectivity index (χ0) is 11.1. The van der Waals surface area contributed by atoms with Crippen molar-refractivity contribution in [1.29, 1.82) is 0 Å². The Bertz CT molecular complexity index is 293. The largest absolute Gasteiger partial charge is 0.376 e. The highest BCUT2D eigenvalue weighted by Gasteiger charge is 2.07. The molecule has 15 heavy (non-hydrogen) atoms. The van der Waals surface area contributed by atoms with Gasteiger partial charge in [-0.1, -0.05) is 42.5 Å². The predicted octanol–water partition coefficient (Wildman–Crippen LogP) is 3.91. The molecule has 1 aromatic rings. The molecule has 1 rings (SSSR count). The van der Waals surface area contributed by atoms with Crippen LogP contribution >= 0.6 is 0 Å². The van der Waals surface area contributed by atoms with Crippen LogP contribution in [0.3, 0.4) is 0 Å². The van der Waals surface area contributed by atoms with Crippen molar-refractivity contribution < 1.29 is 4.74 Å². The van der Waals surface area contributed by atoms with E-state index in [-0.39, 0.29) is 5.60 Å². The van der Waals surface area contributed by atoms with Crippen LogP contribution in [0.25, 0.3) is 6.08 Å². The Labute approximate surface area is 92.8 Å². The second kappa shape index (κ2) is 5.72. The van der Waals surface area contributed by atoms with E-state index in [0.717, 1.165) is 13.0 Å². The molecule has 0 radical (unpaired) electrons. The van der Waals surface area contributed by atoms with Gasteiger partial charge in [-0.15, -0.1) is 0 Å².